The lowest BCUT2D eigenvalue weighted by Gasteiger charge is -2.32. The molecule has 21 heavy (non-hydrogen) atoms. The Hall–Kier alpha value is -1.75. The fourth-order valence-electron chi connectivity index (χ4n) is 2.02. The molecular formula is C15H21ClN2O3. The molecule has 116 valence electrons. The molecule has 1 aromatic carbocycles. The van der Waals surface area contributed by atoms with Crippen LogP contribution >= 0.6 is 11.6 Å². The Morgan fingerprint density at radius 2 is 2.00 bits per heavy atom. The Balaban J connectivity index is 3.11. The molecule has 1 N–H and O–H groups in total. The molecule has 0 fully saturated rings. The number of carboxylic acid groups (broad SMARTS) is 1. The monoisotopic (exact) mass is 312 g/mol. The third-order valence-electron chi connectivity index (χ3n) is 2.98. The summed E-state index contributed by atoms with van der Waals surface area (Å²) in [6.07, 6.45) is 0.806. The van der Waals surface area contributed by atoms with Crippen molar-refractivity contribution in [2.45, 2.75) is 33.2 Å². The van der Waals surface area contributed by atoms with Crippen LogP contribution < -0.4 is 4.90 Å². The number of benzene rings is 1. The molecule has 0 aliphatic heterocycles. The summed E-state index contributed by atoms with van der Waals surface area (Å²) in [5.74, 6) is -1.07. The number of anilines is 1. The van der Waals surface area contributed by atoms with Gasteiger partial charge in [0.2, 0.25) is 0 Å². The summed E-state index contributed by atoms with van der Waals surface area (Å²) in [4.78, 5) is 26.6. The fraction of sp³-hybridized carbons (Fsp3) is 0.467. The first-order chi connectivity index (χ1) is 9.86. The largest absolute Gasteiger partial charge is 0.480 e. The van der Waals surface area contributed by atoms with E-state index in [1.54, 1.807) is 29.2 Å². The molecule has 0 saturated heterocycles. The van der Waals surface area contributed by atoms with E-state index in [0.717, 1.165) is 6.42 Å². The number of nitrogens with zero attached hydrogens (tertiary/aromatic N) is 2. The average molecular weight is 313 g/mol. The lowest BCUT2D eigenvalue weighted by atomic mass is 10.2. The number of hydrogen-bond donors (Lipinski definition) is 1. The standard InChI is InChI=1S/C15H21ClN2O3/c1-4-8-17(11(2)3)15(21)18(10-14(19)20)13-7-5-6-12(16)9-13/h5-7,9,11H,4,8,10H2,1-3H3,(H,19,20). The Bertz CT molecular complexity index is 505. The van der Waals surface area contributed by atoms with Crippen LogP contribution in [0.25, 0.3) is 0 Å². The summed E-state index contributed by atoms with van der Waals surface area (Å²) in [5.41, 5.74) is 0.483. The number of halogens is 1. The second-order valence-electron chi connectivity index (χ2n) is 5.03. The van der Waals surface area contributed by atoms with Gasteiger partial charge in [-0.3, -0.25) is 9.69 Å². The van der Waals surface area contributed by atoms with Gasteiger partial charge in [-0.25, -0.2) is 4.79 Å². The van der Waals surface area contributed by atoms with Crippen LogP contribution in [0.15, 0.2) is 24.3 Å². The summed E-state index contributed by atoms with van der Waals surface area (Å²) >= 11 is 5.93. The highest BCUT2D eigenvalue weighted by atomic mass is 35.5. The molecule has 0 aliphatic carbocycles. The third kappa shape index (κ3) is 4.93. The number of aliphatic carboxylic acids is 1. The normalized spacial score (nSPS) is 10.5. The van der Waals surface area contributed by atoms with Gasteiger partial charge in [-0.2, -0.15) is 0 Å². The van der Waals surface area contributed by atoms with Gasteiger partial charge < -0.3 is 10.0 Å². The molecule has 5 nitrogen and oxygen atoms in total. The Morgan fingerprint density at radius 3 is 2.48 bits per heavy atom. The van der Waals surface area contributed by atoms with Gasteiger partial charge in [0.05, 0.1) is 0 Å². The van der Waals surface area contributed by atoms with Crippen LogP contribution in [0.2, 0.25) is 5.02 Å². The van der Waals surface area contributed by atoms with Crippen molar-refractivity contribution >= 4 is 29.3 Å². The third-order valence-corrected chi connectivity index (χ3v) is 3.21. The van der Waals surface area contributed by atoms with Crippen molar-refractivity contribution in [3.05, 3.63) is 29.3 Å². The maximum absolute atomic E-state index is 12.7. The van der Waals surface area contributed by atoms with Crippen molar-refractivity contribution in [2.24, 2.45) is 0 Å². The van der Waals surface area contributed by atoms with Crippen LogP contribution in [0, 0.1) is 0 Å². The molecule has 0 spiro atoms. The van der Waals surface area contributed by atoms with Gasteiger partial charge in [0.15, 0.2) is 0 Å². The first-order valence-corrected chi connectivity index (χ1v) is 7.30. The summed E-state index contributed by atoms with van der Waals surface area (Å²) < 4.78 is 0. The van der Waals surface area contributed by atoms with Gasteiger partial charge in [-0.15, -0.1) is 0 Å². The minimum Gasteiger partial charge on any atom is -0.480 e. The quantitative estimate of drug-likeness (QED) is 0.875. The number of urea groups is 1. The number of carbonyl (C=O) groups excluding carboxylic acids is 1. The zero-order valence-corrected chi connectivity index (χ0v) is 13.3. The van der Waals surface area contributed by atoms with Crippen molar-refractivity contribution in [3.63, 3.8) is 0 Å². The molecule has 0 atom stereocenters. The Kier molecular flexibility index (Phi) is 6.49. The van der Waals surface area contributed by atoms with Crippen LogP contribution in [0.5, 0.6) is 0 Å². The van der Waals surface area contributed by atoms with Crippen molar-refractivity contribution in [1.29, 1.82) is 0 Å². The SMILES string of the molecule is CCCN(C(=O)N(CC(=O)O)c1cccc(Cl)c1)C(C)C. The van der Waals surface area contributed by atoms with E-state index >= 15 is 0 Å². The van der Waals surface area contributed by atoms with E-state index in [1.807, 2.05) is 20.8 Å². The number of carbonyl (C=O) groups is 2. The predicted octanol–water partition coefficient (Wildman–Crippen LogP) is 3.47. The molecule has 1 rings (SSSR count). The predicted molar refractivity (Wildman–Crippen MR) is 84.0 cm³/mol. The highest BCUT2D eigenvalue weighted by molar-refractivity contribution is 6.30. The summed E-state index contributed by atoms with van der Waals surface area (Å²) in [7, 11) is 0. The van der Waals surface area contributed by atoms with Gasteiger partial charge in [-0.05, 0) is 38.5 Å². The zero-order valence-electron chi connectivity index (χ0n) is 12.5. The molecule has 2 amide bonds. The van der Waals surface area contributed by atoms with Crippen molar-refractivity contribution in [2.75, 3.05) is 18.0 Å². The van der Waals surface area contributed by atoms with Crippen molar-refractivity contribution in [1.82, 2.24) is 4.90 Å². The van der Waals surface area contributed by atoms with E-state index in [4.69, 9.17) is 16.7 Å². The minimum absolute atomic E-state index is 0.00655. The number of amides is 2. The van der Waals surface area contributed by atoms with E-state index in [1.165, 1.54) is 4.90 Å². The summed E-state index contributed by atoms with van der Waals surface area (Å²) in [6.45, 7) is 5.97. The maximum Gasteiger partial charge on any atom is 0.325 e. The lowest BCUT2D eigenvalue weighted by molar-refractivity contribution is -0.135. The van der Waals surface area contributed by atoms with Gasteiger partial charge in [0.25, 0.3) is 0 Å². The van der Waals surface area contributed by atoms with Gasteiger partial charge >= 0.3 is 12.0 Å². The van der Waals surface area contributed by atoms with Crippen LogP contribution in [0.4, 0.5) is 10.5 Å². The van der Waals surface area contributed by atoms with E-state index in [-0.39, 0.29) is 12.1 Å². The molecule has 0 bridgehead atoms. The fourth-order valence-corrected chi connectivity index (χ4v) is 2.20. The van der Waals surface area contributed by atoms with E-state index in [9.17, 15) is 9.59 Å². The second-order valence-corrected chi connectivity index (χ2v) is 5.47. The Labute approximate surface area is 130 Å². The molecule has 1 aromatic rings. The summed E-state index contributed by atoms with van der Waals surface area (Å²) in [6, 6.07) is 6.31. The first-order valence-electron chi connectivity index (χ1n) is 6.92. The van der Waals surface area contributed by atoms with E-state index in [2.05, 4.69) is 0 Å². The molecule has 0 saturated carbocycles. The minimum atomic E-state index is -1.07. The maximum atomic E-state index is 12.7. The van der Waals surface area contributed by atoms with Crippen LogP contribution in [-0.4, -0.2) is 41.1 Å². The summed E-state index contributed by atoms with van der Waals surface area (Å²) in [5, 5.41) is 9.53. The van der Waals surface area contributed by atoms with E-state index in [0.29, 0.717) is 17.3 Å². The Morgan fingerprint density at radius 1 is 1.33 bits per heavy atom. The molecule has 0 aromatic heterocycles. The topological polar surface area (TPSA) is 60.9 Å². The molecule has 0 heterocycles. The molecular weight excluding hydrogens is 292 g/mol. The van der Waals surface area contributed by atoms with Gasteiger partial charge in [-0.1, -0.05) is 24.6 Å². The zero-order chi connectivity index (χ0) is 16.0. The average Bonchev–Trinajstić information content (AvgIpc) is 2.41. The first kappa shape index (κ1) is 17.3. The number of carboxylic acids is 1. The van der Waals surface area contributed by atoms with Crippen LogP contribution in [-0.2, 0) is 4.79 Å². The van der Waals surface area contributed by atoms with E-state index < -0.39 is 12.5 Å². The number of hydrogen-bond acceptors (Lipinski definition) is 2. The second kappa shape index (κ2) is 7.88. The highest BCUT2D eigenvalue weighted by Crippen LogP contribution is 2.21. The highest BCUT2D eigenvalue weighted by Gasteiger charge is 2.25. The van der Waals surface area contributed by atoms with Gasteiger partial charge in [0, 0.05) is 23.3 Å². The molecule has 0 aliphatic rings. The smallest absolute Gasteiger partial charge is 0.325 e. The van der Waals surface area contributed by atoms with Crippen molar-refractivity contribution < 1.29 is 14.7 Å². The van der Waals surface area contributed by atoms with Crippen LogP contribution in [0.3, 0.4) is 0 Å². The molecule has 0 unspecified atom stereocenters. The van der Waals surface area contributed by atoms with Crippen LogP contribution in [0.1, 0.15) is 27.2 Å². The lowest BCUT2D eigenvalue weighted by Crippen LogP contribution is -2.48. The molecule has 0 radical (unpaired) electrons. The van der Waals surface area contributed by atoms with Gasteiger partial charge in [0.1, 0.15) is 6.54 Å². The molecule has 6 heteroatoms. The number of rotatable bonds is 6. The van der Waals surface area contributed by atoms with Crippen molar-refractivity contribution in [3.8, 4) is 0 Å².